The lowest BCUT2D eigenvalue weighted by Crippen LogP contribution is -2.25. The van der Waals surface area contributed by atoms with Gasteiger partial charge in [0.05, 0.1) is 0 Å². The second kappa shape index (κ2) is 10.5. The Bertz CT molecular complexity index is 229. The lowest BCUT2D eigenvalue weighted by molar-refractivity contribution is -0.116. The third-order valence-corrected chi connectivity index (χ3v) is 2.10. The summed E-state index contributed by atoms with van der Waals surface area (Å²) in [5.41, 5.74) is 0. The van der Waals surface area contributed by atoms with Crippen LogP contribution in [0.5, 0.6) is 0 Å². The van der Waals surface area contributed by atoms with Crippen molar-refractivity contribution < 1.29 is 4.79 Å². The van der Waals surface area contributed by atoms with E-state index < -0.39 is 0 Å². The topological polar surface area (TPSA) is 29.1 Å². The van der Waals surface area contributed by atoms with E-state index in [1.54, 1.807) is 6.08 Å². The van der Waals surface area contributed by atoms with Crippen LogP contribution in [-0.4, -0.2) is 12.5 Å². The molecule has 0 atom stereocenters. The molecule has 0 spiro atoms. The molecule has 2 heteroatoms. The maximum atomic E-state index is 11.3. The lowest BCUT2D eigenvalue weighted by Gasteiger charge is -2.04. The molecular weight excluding hydrogens is 198 g/mol. The van der Waals surface area contributed by atoms with Crippen LogP contribution in [0.15, 0.2) is 24.3 Å². The summed E-state index contributed by atoms with van der Waals surface area (Å²) < 4.78 is 0. The van der Waals surface area contributed by atoms with Gasteiger partial charge in [0.1, 0.15) is 0 Å². The van der Waals surface area contributed by atoms with Crippen LogP contribution in [-0.2, 0) is 4.79 Å². The van der Waals surface area contributed by atoms with Crippen molar-refractivity contribution in [3.8, 4) is 0 Å². The van der Waals surface area contributed by atoms with Crippen LogP contribution in [0.2, 0.25) is 0 Å². The lowest BCUT2D eigenvalue weighted by atomic mass is 10.2. The summed E-state index contributed by atoms with van der Waals surface area (Å²) in [5, 5.41) is 2.85. The first-order valence-electron chi connectivity index (χ1n) is 6.26. The van der Waals surface area contributed by atoms with Crippen molar-refractivity contribution in [3.05, 3.63) is 24.3 Å². The molecule has 0 aliphatic carbocycles. The maximum absolute atomic E-state index is 11.3. The van der Waals surface area contributed by atoms with Crippen molar-refractivity contribution in [1.82, 2.24) is 5.32 Å². The molecule has 0 saturated carbocycles. The molecule has 0 unspecified atom stereocenters. The summed E-state index contributed by atoms with van der Waals surface area (Å²) in [6.07, 6.45) is 12.3. The molecule has 0 heterocycles. The summed E-state index contributed by atoms with van der Waals surface area (Å²) in [6, 6.07) is 0. The highest BCUT2D eigenvalue weighted by molar-refractivity contribution is 5.87. The Balaban J connectivity index is 3.45. The summed E-state index contributed by atoms with van der Waals surface area (Å²) in [5.74, 6) is 0.536. The van der Waals surface area contributed by atoms with Gasteiger partial charge < -0.3 is 5.32 Å². The molecular formula is C14H25NO. The van der Waals surface area contributed by atoms with E-state index in [2.05, 4.69) is 38.2 Å². The number of hydrogen-bond donors (Lipinski definition) is 1. The van der Waals surface area contributed by atoms with Crippen LogP contribution in [0.25, 0.3) is 0 Å². The van der Waals surface area contributed by atoms with Gasteiger partial charge in [0.2, 0.25) is 5.91 Å². The number of amides is 1. The zero-order valence-electron chi connectivity index (χ0n) is 10.8. The van der Waals surface area contributed by atoms with Gasteiger partial charge in [-0.15, -0.1) is 0 Å². The van der Waals surface area contributed by atoms with Crippen LogP contribution in [0, 0.1) is 5.92 Å². The van der Waals surface area contributed by atoms with E-state index >= 15 is 0 Å². The van der Waals surface area contributed by atoms with E-state index in [1.807, 2.05) is 6.08 Å². The van der Waals surface area contributed by atoms with E-state index in [0.717, 1.165) is 32.2 Å². The van der Waals surface area contributed by atoms with E-state index in [1.165, 1.54) is 0 Å². The highest BCUT2D eigenvalue weighted by Gasteiger charge is 1.96. The number of unbranched alkanes of at least 4 members (excludes halogenated alkanes) is 2. The second-order valence-corrected chi connectivity index (χ2v) is 4.35. The zero-order valence-corrected chi connectivity index (χ0v) is 10.8. The van der Waals surface area contributed by atoms with Crippen LogP contribution in [0.3, 0.4) is 0 Å². The van der Waals surface area contributed by atoms with Crippen LogP contribution in [0.4, 0.5) is 0 Å². The summed E-state index contributed by atoms with van der Waals surface area (Å²) in [7, 11) is 0. The number of hydrogen-bond acceptors (Lipinski definition) is 1. The Morgan fingerprint density at radius 1 is 1.19 bits per heavy atom. The van der Waals surface area contributed by atoms with Crippen LogP contribution < -0.4 is 5.32 Å². The minimum Gasteiger partial charge on any atom is -0.352 e. The van der Waals surface area contributed by atoms with Crippen molar-refractivity contribution in [2.45, 2.75) is 46.5 Å². The van der Waals surface area contributed by atoms with Gasteiger partial charge in [-0.2, -0.15) is 0 Å². The number of carbonyl (C=O) groups excluding carboxylic acids is 1. The highest BCUT2D eigenvalue weighted by atomic mass is 16.1. The molecule has 1 amide bonds. The molecule has 0 aromatic heterocycles. The Kier molecular flexibility index (Phi) is 9.78. The maximum Gasteiger partial charge on any atom is 0.243 e. The zero-order chi connectivity index (χ0) is 12.2. The highest BCUT2D eigenvalue weighted by Crippen LogP contribution is 1.98. The van der Waals surface area contributed by atoms with E-state index in [-0.39, 0.29) is 5.91 Å². The monoisotopic (exact) mass is 223 g/mol. The minimum absolute atomic E-state index is 0.0257. The normalized spacial score (nSPS) is 11.8. The molecule has 0 aromatic rings. The predicted octanol–water partition coefficient (Wildman–Crippen LogP) is 3.45. The summed E-state index contributed by atoms with van der Waals surface area (Å²) in [6.45, 7) is 7.06. The number of allylic oxidation sites excluding steroid dienone is 3. The van der Waals surface area contributed by atoms with E-state index in [0.29, 0.717) is 5.92 Å². The standard InChI is InChI=1S/C14H25NO/c1-4-5-6-7-8-9-10-11-14(16)15-12-13(2)3/h5-6,10-11,13H,4,7-9,12H2,1-3H3,(H,15,16)/b6-5-,11-10+. The van der Waals surface area contributed by atoms with Gasteiger partial charge in [-0.3, -0.25) is 4.79 Å². The number of carbonyl (C=O) groups is 1. The Labute approximate surface area is 99.8 Å². The van der Waals surface area contributed by atoms with Crippen molar-refractivity contribution in [1.29, 1.82) is 0 Å². The van der Waals surface area contributed by atoms with Crippen molar-refractivity contribution in [3.63, 3.8) is 0 Å². The Hall–Kier alpha value is -1.05. The third-order valence-electron chi connectivity index (χ3n) is 2.10. The molecule has 0 aromatic carbocycles. The summed E-state index contributed by atoms with van der Waals surface area (Å²) >= 11 is 0. The molecule has 16 heavy (non-hydrogen) atoms. The quantitative estimate of drug-likeness (QED) is 0.381. The third kappa shape index (κ3) is 11.0. The molecule has 0 rings (SSSR count). The average molecular weight is 223 g/mol. The molecule has 0 saturated heterocycles. The van der Waals surface area contributed by atoms with Crippen molar-refractivity contribution >= 4 is 5.91 Å². The minimum atomic E-state index is 0.0257. The van der Waals surface area contributed by atoms with Gasteiger partial charge in [0.15, 0.2) is 0 Å². The summed E-state index contributed by atoms with van der Waals surface area (Å²) in [4.78, 5) is 11.3. The van der Waals surface area contributed by atoms with Crippen molar-refractivity contribution in [2.24, 2.45) is 5.92 Å². The second-order valence-electron chi connectivity index (χ2n) is 4.35. The Morgan fingerprint density at radius 2 is 1.88 bits per heavy atom. The fourth-order valence-electron chi connectivity index (χ4n) is 1.19. The molecule has 0 bridgehead atoms. The van der Waals surface area contributed by atoms with E-state index in [9.17, 15) is 4.79 Å². The number of nitrogens with one attached hydrogen (secondary N) is 1. The van der Waals surface area contributed by atoms with Gasteiger partial charge in [-0.05, 0) is 37.7 Å². The first-order chi connectivity index (χ1) is 7.66. The largest absolute Gasteiger partial charge is 0.352 e. The fraction of sp³-hybridized carbons (Fsp3) is 0.643. The SMILES string of the molecule is CC/C=C\CCC/C=C/C(=O)NCC(C)C. The van der Waals surface area contributed by atoms with Gasteiger partial charge >= 0.3 is 0 Å². The molecule has 2 nitrogen and oxygen atoms in total. The molecule has 0 aliphatic heterocycles. The molecule has 92 valence electrons. The van der Waals surface area contributed by atoms with Gasteiger partial charge in [0, 0.05) is 6.54 Å². The number of rotatable bonds is 8. The molecule has 0 radical (unpaired) electrons. The first kappa shape index (κ1) is 14.9. The Morgan fingerprint density at radius 3 is 2.50 bits per heavy atom. The van der Waals surface area contributed by atoms with Crippen molar-refractivity contribution in [2.75, 3.05) is 6.54 Å². The molecule has 0 aliphatic rings. The van der Waals surface area contributed by atoms with E-state index in [4.69, 9.17) is 0 Å². The first-order valence-corrected chi connectivity index (χ1v) is 6.26. The van der Waals surface area contributed by atoms with Gasteiger partial charge in [0.25, 0.3) is 0 Å². The average Bonchev–Trinajstić information content (AvgIpc) is 2.25. The van der Waals surface area contributed by atoms with Crippen LogP contribution in [0.1, 0.15) is 46.5 Å². The van der Waals surface area contributed by atoms with Crippen LogP contribution >= 0.6 is 0 Å². The molecule has 1 N–H and O–H groups in total. The fourth-order valence-corrected chi connectivity index (χ4v) is 1.19. The predicted molar refractivity (Wildman–Crippen MR) is 70.3 cm³/mol. The van der Waals surface area contributed by atoms with Gasteiger partial charge in [-0.1, -0.05) is 39.0 Å². The smallest absolute Gasteiger partial charge is 0.243 e. The molecule has 0 fully saturated rings. The van der Waals surface area contributed by atoms with Gasteiger partial charge in [-0.25, -0.2) is 0 Å².